The van der Waals surface area contributed by atoms with Gasteiger partial charge in [-0.05, 0) is 37.1 Å². The van der Waals surface area contributed by atoms with Crippen LogP contribution in [0.4, 0.5) is 4.39 Å². The van der Waals surface area contributed by atoms with Crippen LogP contribution in [0.3, 0.4) is 0 Å². The Hall–Kier alpha value is -3.22. The summed E-state index contributed by atoms with van der Waals surface area (Å²) in [5.74, 6) is 0.0253. The molecule has 144 valence electrons. The molecule has 7 heteroatoms. The number of nitrogens with zero attached hydrogens (tertiary/aromatic N) is 4. The van der Waals surface area contributed by atoms with Gasteiger partial charge in [-0.15, -0.1) is 10.2 Å². The largest absolute Gasteiger partial charge is 0.490 e. The molecule has 1 saturated heterocycles. The molecule has 1 aliphatic rings. The van der Waals surface area contributed by atoms with Gasteiger partial charge in [-0.2, -0.15) is 0 Å². The maximum atomic E-state index is 13.7. The van der Waals surface area contributed by atoms with Crippen LogP contribution in [0.2, 0.25) is 0 Å². The molecule has 1 amide bonds. The highest BCUT2D eigenvalue weighted by atomic mass is 19.1. The summed E-state index contributed by atoms with van der Waals surface area (Å²) in [5, 5.41) is 7.65. The van der Waals surface area contributed by atoms with Gasteiger partial charge in [-0.3, -0.25) is 9.36 Å². The van der Waals surface area contributed by atoms with Gasteiger partial charge in [-0.25, -0.2) is 4.39 Å². The van der Waals surface area contributed by atoms with Crippen LogP contribution < -0.4 is 4.74 Å². The number of likely N-dealkylation sites (tertiary alicyclic amines) is 1. The first-order valence-electron chi connectivity index (χ1n) is 9.33. The monoisotopic (exact) mass is 380 g/mol. The van der Waals surface area contributed by atoms with Gasteiger partial charge >= 0.3 is 0 Å². The van der Waals surface area contributed by atoms with Crippen molar-refractivity contribution in [1.82, 2.24) is 19.7 Å². The topological polar surface area (TPSA) is 60.2 Å². The van der Waals surface area contributed by atoms with E-state index in [2.05, 4.69) is 10.2 Å². The van der Waals surface area contributed by atoms with Crippen LogP contribution in [-0.4, -0.2) is 45.3 Å². The average Bonchev–Trinajstić information content (AvgIpc) is 3.28. The third-order valence-corrected chi connectivity index (χ3v) is 4.95. The highest BCUT2D eigenvalue weighted by molar-refractivity contribution is 5.97. The predicted molar refractivity (Wildman–Crippen MR) is 102 cm³/mol. The Morgan fingerprint density at radius 2 is 1.86 bits per heavy atom. The number of carbonyl (C=O) groups excluding carboxylic acids is 1. The zero-order chi connectivity index (χ0) is 19.3. The second-order valence-electron chi connectivity index (χ2n) is 6.89. The quantitative estimate of drug-likeness (QED) is 0.681. The van der Waals surface area contributed by atoms with Gasteiger partial charge in [0.15, 0.2) is 11.6 Å². The number of benzene rings is 2. The van der Waals surface area contributed by atoms with Gasteiger partial charge in [0.1, 0.15) is 12.7 Å². The number of hydrogen-bond acceptors (Lipinski definition) is 4. The molecule has 0 aliphatic carbocycles. The molecule has 0 spiro atoms. The highest BCUT2D eigenvalue weighted by Gasteiger charge is 2.26. The van der Waals surface area contributed by atoms with Crippen molar-refractivity contribution in [2.75, 3.05) is 19.7 Å². The summed E-state index contributed by atoms with van der Waals surface area (Å²) in [6.45, 7) is 1.67. The van der Waals surface area contributed by atoms with Crippen LogP contribution in [0.15, 0.2) is 61.2 Å². The van der Waals surface area contributed by atoms with Crippen LogP contribution in [0.5, 0.6) is 5.75 Å². The summed E-state index contributed by atoms with van der Waals surface area (Å²) in [5.41, 5.74) is 1.36. The van der Waals surface area contributed by atoms with Crippen molar-refractivity contribution in [3.63, 3.8) is 0 Å². The molecule has 1 aliphatic heterocycles. The zero-order valence-electron chi connectivity index (χ0n) is 15.4. The molecule has 0 saturated carbocycles. The van der Waals surface area contributed by atoms with E-state index >= 15 is 0 Å². The standard InChI is InChI=1S/C21H21FN4O2/c22-18-8-2-4-10-20(18)28-13-16-6-5-11-25(12-16)21(27)17-7-1-3-9-19(17)26-14-23-24-15-26/h1-4,7-10,14-16H,5-6,11-13H2/t16-/m1/s1. The number of amides is 1. The van der Waals surface area contributed by atoms with E-state index in [1.807, 2.05) is 29.2 Å². The van der Waals surface area contributed by atoms with E-state index in [-0.39, 0.29) is 23.4 Å². The van der Waals surface area contributed by atoms with Gasteiger partial charge in [0.2, 0.25) is 0 Å². The molecule has 1 atom stereocenters. The fraction of sp³-hybridized carbons (Fsp3) is 0.286. The van der Waals surface area contributed by atoms with Gasteiger partial charge in [-0.1, -0.05) is 24.3 Å². The normalized spacial score (nSPS) is 16.8. The van der Waals surface area contributed by atoms with Gasteiger partial charge in [0, 0.05) is 19.0 Å². The molecule has 0 N–H and O–H groups in total. The Labute approximate surface area is 162 Å². The van der Waals surface area contributed by atoms with Crippen molar-refractivity contribution in [3.05, 3.63) is 72.6 Å². The number of rotatable bonds is 5. The molecule has 2 aromatic carbocycles. The Morgan fingerprint density at radius 1 is 1.11 bits per heavy atom. The Balaban J connectivity index is 1.45. The Kier molecular flexibility index (Phi) is 5.32. The van der Waals surface area contributed by atoms with Crippen molar-refractivity contribution < 1.29 is 13.9 Å². The van der Waals surface area contributed by atoms with Gasteiger partial charge in [0.25, 0.3) is 5.91 Å². The smallest absolute Gasteiger partial charge is 0.255 e. The minimum atomic E-state index is -0.367. The molecular weight excluding hydrogens is 359 g/mol. The minimum Gasteiger partial charge on any atom is -0.490 e. The molecule has 0 bridgehead atoms. The summed E-state index contributed by atoms with van der Waals surface area (Å²) in [4.78, 5) is 15.0. The fourth-order valence-electron chi connectivity index (χ4n) is 3.53. The van der Waals surface area contributed by atoms with E-state index in [0.717, 1.165) is 18.5 Å². The van der Waals surface area contributed by atoms with Crippen LogP contribution in [0, 0.1) is 11.7 Å². The average molecular weight is 380 g/mol. The molecule has 4 rings (SSSR count). The van der Waals surface area contributed by atoms with Gasteiger partial charge in [0.05, 0.1) is 17.9 Å². The molecule has 1 fully saturated rings. The summed E-state index contributed by atoms with van der Waals surface area (Å²) in [7, 11) is 0. The summed E-state index contributed by atoms with van der Waals surface area (Å²) < 4.78 is 21.1. The van der Waals surface area contributed by atoms with Crippen LogP contribution in [0.25, 0.3) is 5.69 Å². The molecule has 3 aromatic rings. The molecular formula is C21H21FN4O2. The van der Waals surface area contributed by atoms with E-state index in [4.69, 9.17) is 4.74 Å². The minimum absolute atomic E-state index is 0.0279. The maximum Gasteiger partial charge on any atom is 0.255 e. The van der Waals surface area contributed by atoms with Crippen LogP contribution >= 0.6 is 0 Å². The number of carbonyl (C=O) groups is 1. The van der Waals surface area contributed by atoms with Crippen molar-refractivity contribution in [2.45, 2.75) is 12.8 Å². The second kappa shape index (κ2) is 8.21. The SMILES string of the molecule is O=C(c1ccccc1-n1cnnc1)N1CCC[C@@H](COc2ccccc2F)C1. The van der Waals surface area contributed by atoms with E-state index in [1.54, 1.807) is 35.4 Å². The number of aromatic nitrogens is 3. The van der Waals surface area contributed by atoms with E-state index in [1.165, 1.54) is 6.07 Å². The number of halogens is 1. The van der Waals surface area contributed by atoms with Crippen molar-refractivity contribution in [2.24, 2.45) is 5.92 Å². The molecule has 0 unspecified atom stereocenters. The van der Waals surface area contributed by atoms with Crippen molar-refractivity contribution in [1.29, 1.82) is 0 Å². The zero-order valence-corrected chi connectivity index (χ0v) is 15.4. The lowest BCUT2D eigenvalue weighted by molar-refractivity contribution is 0.0631. The Bertz CT molecular complexity index is 945. The molecule has 2 heterocycles. The van der Waals surface area contributed by atoms with Crippen molar-refractivity contribution >= 4 is 5.91 Å². The van der Waals surface area contributed by atoms with E-state index < -0.39 is 0 Å². The molecule has 0 radical (unpaired) electrons. The number of ether oxygens (including phenoxy) is 1. The number of para-hydroxylation sites is 2. The first-order valence-corrected chi connectivity index (χ1v) is 9.33. The van der Waals surface area contributed by atoms with E-state index in [0.29, 0.717) is 25.3 Å². The summed E-state index contributed by atoms with van der Waals surface area (Å²) in [6, 6.07) is 13.8. The summed E-state index contributed by atoms with van der Waals surface area (Å²) in [6.07, 6.45) is 5.00. The predicted octanol–water partition coefficient (Wildman–Crippen LogP) is 3.34. The van der Waals surface area contributed by atoms with E-state index in [9.17, 15) is 9.18 Å². The van der Waals surface area contributed by atoms with Crippen molar-refractivity contribution in [3.8, 4) is 11.4 Å². The van der Waals surface area contributed by atoms with Crippen LogP contribution in [0.1, 0.15) is 23.2 Å². The lowest BCUT2D eigenvalue weighted by atomic mass is 9.98. The third-order valence-electron chi connectivity index (χ3n) is 4.95. The maximum absolute atomic E-state index is 13.7. The fourth-order valence-corrected chi connectivity index (χ4v) is 3.53. The first-order chi connectivity index (χ1) is 13.7. The molecule has 28 heavy (non-hydrogen) atoms. The lowest BCUT2D eigenvalue weighted by Crippen LogP contribution is -2.41. The molecule has 6 nitrogen and oxygen atoms in total. The van der Waals surface area contributed by atoms with Crippen LogP contribution in [-0.2, 0) is 0 Å². The third kappa shape index (κ3) is 3.88. The second-order valence-corrected chi connectivity index (χ2v) is 6.89. The first kappa shape index (κ1) is 18.2. The lowest BCUT2D eigenvalue weighted by Gasteiger charge is -2.33. The highest BCUT2D eigenvalue weighted by Crippen LogP contribution is 2.23. The number of hydrogen-bond donors (Lipinski definition) is 0. The number of piperidine rings is 1. The van der Waals surface area contributed by atoms with Gasteiger partial charge < -0.3 is 9.64 Å². The molecule has 1 aromatic heterocycles. The summed E-state index contributed by atoms with van der Waals surface area (Å²) >= 11 is 0. The Morgan fingerprint density at radius 3 is 2.68 bits per heavy atom.